The molecule has 1 fully saturated rings. The maximum Gasteiger partial charge on any atom is 0.261 e. The Balaban J connectivity index is 1.41. The van der Waals surface area contributed by atoms with Gasteiger partial charge in [-0.3, -0.25) is 14.4 Å². The molecule has 1 aliphatic heterocycles. The van der Waals surface area contributed by atoms with Crippen molar-refractivity contribution in [1.29, 1.82) is 0 Å². The van der Waals surface area contributed by atoms with Gasteiger partial charge in [0.05, 0.1) is 10.6 Å². The maximum atomic E-state index is 12.9. The first-order chi connectivity index (χ1) is 16.4. The van der Waals surface area contributed by atoms with E-state index in [0.29, 0.717) is 23.4 Å². The quantitative estimate of drug-likeness (QED) is 0.492. The van der Waals surface area contributed by atoms with Crippen LogP contribution in [-0.4, -0.2) is 32.3 Å². The highest BCUT2D eigenvalue weighted by atomic mass is 32.2. The van der Waals surface area contributed by atoms with Crippen molar-refractivity contribution in [2.75, 3.05) is 17.8 Å². The molecule has 4 rings (SSSR count). The summed E-state index contributed by atoms with van der Waals surface area (Å²) in [6, 6.07) is 21.6. The largest absolute Gasteiger partial charge is 0.348 e. The predicted molar refractivity (Wildman–Crippen MR) is 135 cm³/mol. The van der Waals surface area contributed by atoms with E-state index in [2.05, 4.69) is 27.1 Å². The van der Waals surface area contributed by atoms with E-state index in [1.165, 1.54) is 37.0 Å². The van der Waals surface area contributed by atoms with Gasteiger partial charge in [-0.15, -0.1) is 0 Å². The highest BCUT2D eigenvalue weighted by Gasteiger charge is 2.18. The molecule has 6 nitrogen and oxygen atoms in total. The average Bonchev–Trinajstić information content (AvgIpc) is 2.85. The van der Waals surface area contributed by atoms with E-state index < -0.39 is 10.0 Å². The molecule has 1 heterocycles. The standard InChI is InChI=1S/C27H31N3O3S/c1-21-25(14-9-15-26(21)29-34(32,33)24-12-4-2-5-13-24)27(31)28-19-22-10-8-11-23(18-22)20-30-16-6-3-7-17-30/h2,4-5,8-15,18,29H,3,6-7,16-17,19-20H2,1H3,(H,28,31). The van der Waals surface area contributed by atoms with Crippen LogP contribution in [0.1, 0.15) is 46.3 Å². The lowest BCUT2D eigenvalue weighted by Crippen LogP contribution is -2.29. The molecule has 1 saturated heterocycles. The Labute approximate surface area is 202 Å². The molecule has 3 aromatic rings. The van der Waals surface area contributed by atoms with E-state index in [9.17, 15) is 13.2 Å². The van der Waals surface area contributed by atoms with Gasteiger partial charge in [0.2, 0.25) is 0 Å². The van der Waals surface area contributed by atoms with Crippen LogP contribution in [0, 0.1) is 6.92 Å². The normalized spacial score (nSPS) is 14.5. The number of likely N-dealkylation sites (tertiary alicyclic amines) is 1. The molecule has 34 heavy (non-hydrogen) atoms. The fourth-order valence-corrected chi connectivity index (χ4v) is 5.43. The third-order valence-corrected chi connectivity index (χ3v) is 7.56. The van der Waals surface area contributed by atoms with E-state index in [1.807, 2.05) is 12.1 Å². The molecule has 0 spiro atoms. The van der Waals surface area contributed by atoms with Gasteiger partial charge in [-0.05, 0) is 73.8 Å². The summed E-state index contributed by atoms with van der Waals surface area (Å²) in [4.78, 5) is 15.6. The molecule has 178 valence electrons. The number of rotatable bonds is 8. The van der Waals surface area contributed by atoms with E-state index in [0.717, 1.165) is 25.2 Å². The Bertz CT molecular complexity index is 1240. The van der Waals surface area contributed by atoms with Crippen molar-refractivity contribution in [3.05, 3.63) is 95.1 Å². The molecule has 2 N–H and O–H groups in total. The van der Waals surface area contributed by atoms with E-state index in [4.69, 9.17) is 0 Å². The van der Waals surface area contributed by atoms with Crippen LogP contribution in [0.25, 0.3) is 0 Å². The molecule has 1 amide bonds. The molecule has 0 bridgehead atoms. The monoisotopic (exact) mass is 477 g/mol. The maximum absolute atomic E-state index is 12.9. The van der Waals surface area contributed by atoms with Crippen molar-refractivity contribution in [2.24, 2.45) is 0 Å². The third-order valence-electron chi connectivity index (χ3n) is 6.18. The number of benzene rings is 3. The molecule has 0 aromatic heterocycles. The lowest BCUT2D eigenvalue weighted by molar-refractivity contribution is 0.0950. The van der Waals surface area contributed by atoms with Crippen molar-refractivity contribution in [1.82, 2.24) is 10.2 Å². The van der Waals surface area contributed by atoms with Crippen LogP contribution in [0.15, 0.2) is 77.7 Å². The smallest absolute Gasteiger partial charge is 0.261 e. The number of amides is 1. The minimum absolute atomic E-state index is 0.175. The van der Waals surface area contributed by atoms with Crippen molar-refractivity contribution < 1.29 is 13.2 Å². The van der Waals surface area contributed by atoms with Gasteiger partial charge in [-0.1, -0.05) is 55.0 Å². The summed E-state index contributed by atoms with van der Waals surface area (Å²) in [7, 11) is -3.74. The van der Waals surface area contributed by atoms with Crippen molar-refractivity contribution in [3.63, 3.8) is 0 Å². The molecule has 0 aliphatic carbocycles. The molecule has 7 heteroatoms. The lowest BCUT2D eigenvalue weighted by Gasteiger charge is -2.26. The van der Waals surface area contributed by atoms with Gasteiger partial charge in [-0.25, -0.2) is 8.42 Å². The Hall–Kier alpha value is -3.16. The first-order valence-corrected chi connectivity index (χ1v) is 13.2. The summed E-state index contributed by atoms with van der Waals surface area (Å²) in [5.41, 5.74) is 3.71. The summed E-state index contributed by atoms with van der Waals surface area (Å²) in [6.07, 6.45) is 3.84. The number of nitrogens with one attached hydrogen (secondary N) is 2. The molecule has 1 aliphatic rings. The van der Waals surface area contributed by atoms with E-state index in [-0.39, 0.29) is 10.8 Å². The van der Waals surface area contributed by atoms with E-state index in [1.54, 1.807) is 43.3 Å². The zero-order chi connectivity index (χ0) is 24.0. The molecular formula is C27H31N3O3S. The molecular weight excluding hydrogens is 446 g/mol. The third kappa shape index (κ3) is 6.04. The van der Waals surface area contributed by atoms with Gasteiger partial charge in [0.1, 0.15) is 0 Å². The summed E-state index contributed by atoms with van der Waals surface area (Å²) in [6.45, 7) is 5.38. The van der Waals surface area contributed by atoms with Gasteiger partial charge in [-0.2, -0.15) is 0 Å². The molecule has 0 saturated carbocycles. The Morgan fingerprint density at radius 1 is 0.882 bits per heavy atom. The number of hydrogen-bond acceptors (Lipinski definition) is 4. The Kier molecular flexibility index (Phi) is 7.65. The topological polar surface area (TPSA) is 78.5 Å². The number of nitrogens with zero attached hydrogens (tertiary/aromatic N) is 1. The number of piperidine rings is 1. The summed E-state index contributed by atoms with van der Waals surface area (Å²) < 4.78 is 28.0. The second kappa shape index (κ2) is 10.8. The van der Waals surface area contributed by atoms with Gasteiger partial charge in [0, 0.05) is 18.7 Å². The number of anilines is 1. The van der Waals surface area contributed by atoms with Crippen LogP contribution in [0.5, 0.6) is 0 Å². The van der Waals surface area contributed by atoms with E-state index >= 15 is 0 Å². The van der Waals surface area contributed by atoms with Gasteiger partial charge in [0.25, 0.3) is 15.9 Å². The minimum Gasteiger partial charge on any atom is -0.348 e. The Morgan fingerprint density at radius 3 is 2.35 bits per heavy atom. The predicted octanol–water partition coefficient (Wildman–Crippen LogP) is 4.71. The highest BCUT2D eigenvalue weighted by molar-refractivity contribution is 7.92. The number of sulfonamides is 1. The number of carbonyl (C=O) groups excluding carboxylic acids is 1. The van der Waals surface area contributed by atoms with Crippen molar-refractivity contribution >= 4 is 21.6 Å². The van der Waals surface area contributed by atoms with Crippen LogP contribution in [-0.2, 0) is 23.1 Å². The van der Waals surface area contributed by atoms with Gasteiger partial charge >= 0.3 is 0 Å². The zero-order valence-corrected chi connectivity index (χ0v) is 20.3. The SMILES string of the molecule is Cc1c(NS(=O)(=O)c2ccccc2)cccc1C(=O)NCc1cccc(CN2CCCCC2)c1. The summed E-state index contributed by atoms with van der Waals surface area (Å²) >= 11 is 0. The van der Waals surface area contributed by atoms with Crippen LogP contribution in [0.4, 0.5) is 5.69 Å². The minimum atomic E-state index is -3.74. The first-order valence-electron chi connectivity index (χ1n) is 11.7. The van der Waals surface area contributed by atoms with Crippen LogP contribution in [0.2, 0.25) is 0 Å². The molecule has 0 radical (unpaired) electrons. The molecule has 3 aromatic carbocycles. The fourth-order valence-electron chi connectivity index (χ4n) is 4.29. The first kappa shape index (κ1) is 24.0. The van der Waals surface area contributed by atoms with Gasteiger partial charge < -0.3 is 5.32 Å². The zero-order valence-electron chi connectivity index (χ0n) is 19.5. The number of carbonyl (C=O) groups is 1. The van der Waals surface area contributed by atoms with Crippen LogP contribution < -0.4 is 10.0 Å². The summed E-state index contributed by atoms with van der Waals surface area (Å²) in [5, 5.41) is 2.98. The lowest BCUT2D eigenvalue weighted by atomic mass is 10.1. The highest BCUT2D eigenvalue weighted by Crippen LogP contribution is 2.23. The second-order valence-corrected chi connectivity index (χ2v) is 10.4. The number of hydrogen-bond donors (Lipinski definition) is 2. The van der Waals surface area contributed by atoms with Crippen LogP contribution in [0.3, 0.4) is 0 Å². The second-order valence-electron chi connectivity index (χ2n) is 8.74. The van der Waals surface area contributed by atoms with Crippen molar-refractivity contribution in [3.8, 4) is 0 Å². The molecule has 0 unspecified atom stereocenters. The van der Waals surface area contributed by atoms with Crippen molar-refractivity contribution in [2.45, 2.75) is 44.2 Å². The summed E-state index contributed by atoms with van der Waals surface area (Å²) in [5.74, 6) is -0.236. The molecule has 0 atom stereocenters. The van der Waals surface area contributed by atoms with Crippen LogP contribution >= 0.6 is 0 Å². The fraction of sp³-hybridized carbons (Fsp3) is 0.296. The average molecular weight is 478 g/mol. The van der Waals surface area contributed by atoms with Gasteiger partial charge in [0.15, 0.2) is 0 Å². The Morgan fingerprint density at radius 2 is 1.59 bits per heavy atom.